The third-order valence-electron chi connectivity index (χ3n) is 3.08. The van der Waals surface area contributed by atoms with Crippen LogP contribution in [0.25, 0.3) is 5.57 Å². The Morgan fingerprint density at radius 1 is 1.30 bits per heavy atom. The second-order valence-corrected chi connectivity index (χ2v) is 4.45. The molecule has 1 aromatic carbocycles. The summed E-state index contributed by atoms with van der Waals surface area (Å²) in [6, 6.07) is 5.15. The Labute approximate surface area is 114 Å². The molecule has 2 N–H and O–H groups in total. The molecule has 1 aliphatic rings. The highest BCUT2D eigenvalue weighted by Crippen LogP contribution is 2.32. The minimum atomic E-state index is -4.50. The van der Waals surface area contributed by atoms with Gasteiger partial charge in [0.1, 0.15) is 17.6 Å². The molecule has 0 aliphatic carbocycles. The number of rotatable bonds is 2. The summed E-state index contributed by atoms with van der Waals surface area (Å²) >= 11 is 0. The molecule has 1 aliphatic heterocycles. The molecule has 1 aromatic rings. The fraction of sp³-hybridized carbons (Fsp3) is 0.286. The van der Waals surface area contributed by atoms with Crippen molar-refractivity contribution >= 4 is 5.57 Å². The summed E-state index contributed by atoms with van der Waals surface area (Å²) in [6.45, 7) is 1.80. The van der Waals surface area contributed by atoms with Crippen molar-refractivity contribution < 1.29 is 23.0 Å². The van der Waals surface area contributed by atoms with E-state index in [1.165, 1.54) is 13.3 Å². The first-order valence-corrected chi connectivity index (χ1v) is 5.91. The van der Waals surface area contributed by atoms with Crippen molar-refractivity contribution in [1.29, 1.82) is 0 Å². The van der Waals surface area contributed by atoms with Gasteiger partial charge < -0.3 is 15.2 Å². The molecule has 0 radical (unpaired) electrons. The number of ether oxygens (including phenoxy) is 1. The van der Waals surface area contributed by atoms with Gasteiger partial charge in [-0.3, -0.25) is 0 Å². The highest BCUT2D eigenvalue weighted by atomic mass is 19.4. The Morgan fingerprint density at radius 2 is 2.00 bits per heavy atom. The van der Waals surface area contributed by atoms with E-state index in [0.29, 0.717) is 16.9 Å². The molecular weight excluding hydrogens is 271 g/mol. The van der Waals surface area contributed by atoms with Gasteiger partial charge in [0.15, 0.2) is 0 Å². The number of methoxy groups -OCH3 is 1. The third-order valence-corrected chi connectivity index (χ3v) is 3.08. The standard InChI is InChI=1S/C14H14F3NO2/c1-8-5-9(20-2)3-4-10(8)11-7-18-13(6-12(11)19)14(15,16)17/h3-7,12,18-19H,1-2H3/t12-/m1/s1. The molecule has 0 saturated heterocycles. The maximum absolute atomic E-state index is 12.5. The van der Waals surface area contributed by atoms with Crippen LogP contribution in [0.4, 0.5) is 13.2 Å². The first-order chi connectivity index (χ1) is 9.32. The monoisotopic (exact) mass is 285 g/mol. The third kappa shape index (κ3) is 2.80. The van der Waals surface area contributed by atoms with Gasteiger partial charge in [-0.1, -0.05) is 6.07 Å². The molecule has 0 saturated carbocycles. The molecule has 0 unspecified atom stereocenters. The van der Waals surface area contributed by atoms with E-state index in [2.05, 4.69) is 5.32 Å². The molecule has 0 amide bonds. The van der Waals surface area contributed by atoms with E-state index in [-0.39, 0.29) is 0 Å². The Morgan fingerprint density at radius 3 is 2.50 bits per heavy atom. The number of aliphatic hydroxyl groups is 1. The van der Waals surface area contributed by atoms with Crippen LogP contribution in [0.1, 0.15) is 11.1 Å². The molecule has 2 rings (SSSR count). The van der Waals surface area contributed by atoms with Crippen molar-refractivity contribution in [3.05, 3.63) is 47.3 Å². The molecule has 1 heterocycles. The Balaban J connectivity index is 2.30. The van der Waals surface area contributed by atoms with Gasteiger partial charge in [0.2, 0.25) is 0 Å². The molecule has 108 valence electrons. The quantitative estimate of drug-likeness (QED) is 0.878. The number of alkyl halides is 3. The van der Waals surface area contributed by atoms with Gasteiger partial charge in [-0.05, 0) is 36.3 Å². The summed E-state index contributed by atoms with van der Waals surface area (Å²) < 4.78 is 42.7. The number of aliphatic hydroxyl groups excluding tert-OH is 1. The summed E-state index contributed by atoms with van der Waals surface area (Å²) in [5.41, 5.74) is 0.904. The van der Waals surface area contributed by atoms with Crippen LogP contribution in [0.3, 0.4) is 0 Å². The first kappa shape index (κ1) is 14.5. The van der Waals surface area contributed by atoms with E-state index in [9.17, 15) is 18.3 Å². The fourth-order valence-corrected chi connectivity index (χ4v) is 2.04. The Kier molecular flexibility index (Phi) is 3.76. The smallest absolute Gasteiger partial charge is 0.431 e. The molecule has 0 bridgehead atoms. The first-order valence-electron chi connectivity index (χ1n) is 5.91. The van der Waals surface area contributed by atoms with Crippen molar-refractivity contribution in [1.82, 2.24) is 5.32 Å². The van der Waals surface area contributed by atoms with Gasteiger partial charge >= 0.3 is 6.18 Å². The van der Waals surface area contributed by atoms with Crippen molar-refractivity contribution in [2.75, 3.05) is 7.11 Å². The van der Waals surface area contributed by atoms with Crippen molar-refractivity contribution in [2.45, 2.75) is 19.2 Å². The van der Waals surface area contributed by atoms with Crippen LogP contribution in [-0.2, 0) is 0 Å². The highest BCUT2D eigenvalue weighted by Gasteiger charge is 2.36. The van der Waals surface area contributed by atoms with Crippen molar-refractivity contribution in [2.24, 2.45) is 0 Å². The summed E-state index contributed by atoms with van der Waals surface area (Å²) in [5, 5.41) is 12.1. The SMILES string of the molecule is COc1ccc(C2=CNC(C(F)(F)F)=C[C@H]2O)c(C)c1. The predicted octanol–water partition coefficient (Wildman–Crippen LogP) is 2.75. The van der Waals surface area contributed by atoms with E-state index in [4.69, 9.17) is 4.74 Å². The minimum absolute atomic E-state index is 0.387. The van der Waals surface area contributed by atoms with Crippen molar-refractivity contribution in [3.63, 3.8) is 0 Å². The van der Waals surface area contributed by atoms with Gasteiger partial charge in [0.05, 0.1) is 7.11 Å². The van der Waals surface area contributed by atoms with E-state index in [1.807, 2.05) is 0 Å². The Hall–Kier alpha value is -1.95. The Bertz CT molecular complexity index is 576. The van der Waals surface area contributed by atoms with E-state index < -0.39 is 18.0 Å². The minimum Gasteiger partial charge on any atom is -0.497 e. The molecular formula is C14H14F3NO2. The van der Waals surface area contributed by atoms with Crippen LogP contribution in [0, 0.1) is 6.92 Å². The van der Waals surface area contributed by atoms with Gasteiger partial charge in [0.25, 0.3) is 0 Å². The van der Waals surface area contributed by atoms with E-state index in [1.54, 1.807) is 25.1 Å². The summed E-state index contributed by atoms with van der Waals surface area (Å²) in [7, 11) is 1.53. The number of halogens is 3. The number of benzene rings is 1. The largest absolute Gasteiger partial charge is 0.497 e. The zero-order valence-corrected chi connectivity index (χ0v) is 11.0. The number of hydrogen-bond acceptors (Lipinski definition) is 3. The molecule has 0 aromatic heterocycles. The number of aryl methyl sites for hydroxylation is 1. The number of nitrogens with one attached hydrogen (secondary N) is 1. The van der Waals surface area contributed by atoms with Gasteiger partial charge in [-0.25, -0.2) is 0 Å². The van der Waals surface area contributed by atoms with Gasteiger partial charge in [-0.15, -0.1) is 0 Å². The molecule has 0 fully saturated rings. The summed E-state index contributed by atoms with van der Waals surface area (Å²) in [5.74, 6) is 0.650. The highest BCUT2D eigenvalue weighted by molar-refractivity contribution is 5.74. The number of dihydropyridines is 1. The van der Waals surface area contributed by atoms with E-state index in [0.717, 1.165) is 11.6 Å². The summed E-state index contributed by atoms with van der Waals surface area (Å²) in [4.78, 5) is 0. The van der Waals surface area contributed by atoms with Crippen LogP contribution < -0.4 is 10.1 Å². The molecule has 1 atom stereocenters. The van der Waals surface area contributed by atoms with Gasteiger partial charge in [-0.2, -0.15) is 13.2 Å². The second kappa shape index (κ2) is 5.20. The van der Waals surface area contributed by atoms with Crippen molar-refractivity contribution in [3.8, 4) is 5.75 Å². The number of hydrogen-bond donors (Lipinski definition) is 2. The average molecular weight is 285 g/mol. The normalized spacial score (nSPS) is 19.0. The summed E-state index contributed by atoms with van der Waals surface area (Å²) in [6.07, 6.45) is -3.86. The second-order valence-electron chi connectivity index (χ2n) is 4.45. The fourth-order valence-electron chi connectivity index (χ4n) is 2.04. The maximum atomic E-state index is 12.5. The zero-order chi connectivity index (χ0) is 14.9. The van der Waals surface area contributed by atoms with Crippen LogP contribution in [-0.4, -0.2) is 24.5 Å². The van der Waals surface area contributed by atoms with E-state index >= 15 is 0 Å². The van der Waals surface area contributed by atoms with Crippen LogP contribution in [0.2, 0.25) is 0 Å². The lowest BCUT2D eigenvalue weighted by molar-refractivity contribution is -0.0964. The zero-order valence-electron chi connectivity index (χ0n) is 11.0. The van der Waals surface area contributed by atoms with Gasteiger partial charge in [0, 0.05) is 11.8 Å². The predicted molar refractivity (Wildman–Crippen MR) is 69.0 cm³/mol. The lowest BCUT2D eigenvalue weighted by atomic mass is 9.94. The van der Waals surface area contributed by atoms with Crippen LogP contribution in [0.15, 0.2) is 36.2 Å². The molecule has 3 nitrogen and oxygen atoms in total. The molecule has 0 spiro atoms. The topological polar surface area (TPSA) is 41.5 Å². The molecule has 20 heavy (non-hydrogen) atoms. The van der Waals surface area contributed by atoms with Crippen LogP contribution >= 0.6 is 0 Å². The lowest BCUT2D eigenvalue weighted by Crippen LogP contribution is -2.29. The average Bonchev–Trinajstić information content (AvgIpc) is 2.38. The maximum Gasteiger partial charge on any atom is 0.431 e. The van der Waals surface area contributed by atoms with Crippen LogP contribution in [0.5, 0.6) is 5.75 Å². The lowest BCUT2D eigenvalue weighted by Gasteiger charge is -2.23. The number of allylic oxidation sites excluding steroid dienone is 1. The molecule has 6 heteroatoms.